The monoisotopic (exact) mass is 392 g/mol. The fourth-order valence-corrected chi connectivity index (χ4v) is 3.36. The van der Waals surface area contributed by atoms with Gasteiger partial charge in [0.15, 0.2) is 5.82 Å². The Morgan fingerprint density at radius 3 is 2.41 bits per heavy atom. The minimum absolute atomic E-state index is 0.0445. The molecule has 29 heavy (non-hydrogen) atoms. The highest BCUT2D eigenvalue weighted by Crippen LogP contribution is 2.18. The van der Waals surface area contributed by atoms with Gasteiger partial charge in [-0.15, -0.1) is 0 Å². The number of hydrogen-bond acceptors (Lipinski definition) is 6. The van der Waals surface area contributed by atoms with Crippen molar-refractivity contribution in [3.8, 4) is 11.6 Å². The van der Waals surface area contributed by atoms with Crippen LogP contribution in [-0.2, 0) is 0 Å². The maximum Gasteiger partial charge on any atom is 0.253 e. The molecule has 0 aliphatic carbocycles. The highest BCUT2D eigenvalue weighted by Gasteiger charge is 2.23. The molecule has 1 aliphatic heterocycles. The molecule has 3 aromatic rings. The molecule has 0 N–H and O–H groups in total. The number of aryl methyl sites for hydroxylation is 1. The summed E-state index contributed by atoms with van der Waals surface area (Å²) >= 11 is 0. The van der Waals surface area contributed by atoms with E-state index in [1.54, 1.807) is 11.0 Å². The molecule has 150 valence electrons. The first kappa shape index (κ1) is 18.9. The van der Waals surface area contributed by atoms with Gasteiger partial charge in [-0.05, 0) is 44.2 Å². The van der Waals surface area contributed by atoms with Crippen molar-refractivity contribution in [2.24, 2.45) is 0 Å². The molecule has 0 radical (unpaired) electrons. The fourth-order valence-electron chi connectivity index (χ4n) is 3.36. The van der Waals surface area contributed by atoms with Gasteiger partial charge in [0.2, 0.25) is 0 Å². The molecular weight excluding hydrogens is 368 g/mol. The molecular formula is C21H24N6O2. The number of nitrogens with zero attached hydrogens (tertiary/aromatic N) is 6. The van der Waals surface area contributed by atoms with Crippen molar-refractivity contribution in [1.29, 1.82) is 0 Å². The topological polar surface area (TPSA) is 76.4 Å². The maximum atomic E-state index is 12.8. The Bertz CT molecular complexity index is 977. The molecule has 1 fully saturated rings. The molecule has 3 heterocycles. The second kappa shape index (κ2) is 8.30. The van der Waals surface area contributed by atoms with Crippen LogP contribution < -0.4 is 9.64 Å². The van der Waals surface area contributed by atoms with Crippen LogP contribution in [0.25, 0.3) is 5.82 Å². The van der Waals surface area contributed by atoms with Gasteiger partial charge in [-0.2, -0.15) is 5.10 Å². The summed E-state index contributed by atoms with van der Waals surface area (Å²) in [5.41, 5.74) is 1.62. The van der Waals surface area contributed by atoms with Crippen LogP contribution in [0.4, 0.5) is 5.82 Å². The van der Waals surface area contributed by atoms with E-state index in [1.807, 2.05) is 61.3 Å². The molecule has 8 heteroatoms. The van der Waals surface area contributed by atoms with Crippen molar-refractivity contribution < 1.29 is 9.53 Å². The van der Waals surface area contributed by atoms with E-state index in [1.165, 1.54) is 0 Å². The van der Waals surface area contributed by atoms with Crippen LogP contribution in [0.5, 0.6) is 5.75 Å². The zero-order chi connectivity index (χ0) is 20.2. The molecule has 8 nitrogen and oxygen atoms in total. The summed E-state index contributed by atoms with van der Waals surface area (Å²) in [5, 5.41) is 4.40. The lowest BCUT2D eigenvalue weighted by molar-refractivity contribution is 0.0746. The third-order valence-corrected chi connectivity index (χ3v) is 4.90. The highest BCUT2D eigenvalue weighted by atomic mass is 16.5. The second-order valence-corrected chi connectivity index (χ2v) is 6.87. The van der Waals surface area contributed by atoms with Gasteiger partial charge in [-0.1, -0.05) is 0 Å². The number of rotatable bonds is 5. The SMILES string of the molecule is CCOc1ccc(C(=O)N2CCN(c3cc(-n4ccc(C)n4)ncn3)CC2)cc1. The molecule has 0 saturated carbocycles. The third kappa shape index (κ3) is 4.21. The average molecular weight is 392 g/mol. The first-order chi connectivity index (χ1) is 14.1. The zero-order valence-electron chi connectivity index (χ0n) is 16.7. The van der Waals surface area contributed by atoms with E-state index in [-0.39, 0.29) is 5.91 Å². The summed E-state index contributed by atoms with van der Waals surface area (Å²) in [6, 6.07) is 11.2. The number of anilines is 1. The minimum atomic E-state index is 0.0445. The van der Waals surface area contributed by atoms with Gasteiger partial charge >= 0.3 is 0 Å². The molecule has 4 rings (SSSR count). The van der Waals surface area contributed by atoms with Crippen molar-refractivity contribution in [3.63, 3.8) is 0 Å². The van der Waals surface area contributed by atoms with E-state index in [0.29, 0.717) is 25.3 Å². The third-order valence-electron chi connectivity index (χ3n) is 4.90. The number of carbonyl (C=O) groups is 1. The van der Waals surface area contributed by atoms with E-state index < -0.39 is 0 Å². The fraction of sp³-hybridized carbons (Fsp3) is 0.333. The lowest BCUT2D eigenvalue weighted by Gasteiger charge is -2.35. The Labute approximate surface area is 169 Å². The minimum Gasteiger partial charge on any atom is -0.494 e. The van der Waals surface area contributed by atoms with Crippen LogP contribution in [0.3, 0.4) is 0 Å². The largest absolute Gasteiger partial charge is 0.494 e. The Balaban J connectivity index is 1.40. The van der Waals surface area contributed by atoms with Crippen LogP contribution in [0.2, 0.25) is 0 Å². The Hall–Kier alpha value is -3.42. The number of benzene rings is 1. The quantitative estimate of drug-likeness (QED) is 0.663. The number of piperazine rings is 1. The van der Waals surface area contributed by atoms with Gasteiger partial charge in [0, 0.05) is 44.0 Å². The van der Waals surface area contributed by atoms with Crippen LogP contribution in [0.15, 0.2) is 48.9 Å². The summed E-state index contributed by atoms with van der Waals surface area (Å²) in [6.07, 6.45) is 3.44. The first-order valence-corrected chi connectivity index (χ1v) is 9.76. The van der Waals surface area contributed by atoms with E-state index in [0.717, 1.165) is 36.2 Å². The van der Waals surface area contributed by atoms with E-state index in [2.05, 4.69) is 20.0 Å². The Kier molecular flexibility index (Phi) is 5.41. The molecule has 0 bridgehead atoms. The molecule has 0 spiro atoms. The second-order valence-electron chi connectivity index (χ2n) is 6.87. The van der Waals surface area contributed by atoms with Gasteiger partial charge < -0.3 is 14.5 Å². The predicted molar refractivity (Wildman–Crippen MR) is 110 cm³/mol. The van der Waals surface area contributed by atoms with Crippen LogP contribution in [0, 0.1) is 6.92 Å². The molecule has 1 aliphatic rings. The van der Waals surface area contributed by atoms with Crippen LogP contribution in [-0.4, -0.2) is 63.3 Å². The van der Waals surface area contributed by atoms with E-state index in [4.69, 9.17) is 4.74 Å². The van der Waals surface area contributed by atoms with Crippen molar-refractivity contribution in [3.05, 3.63) is 60.2 Å². The molecule has 0 unspecified atom stereocenters. The lowest BCUT2D eigenvalue weighted by Crippen LogP contribution is -2.49. The Morgan fingerprint density at radius 2 is 1.76 bits per heavy atom. The van der Waals surface area contributed by atoms with Gasteiger partial charge in [-0.3, -0.25) is 4.79 Å². The van der Waals surface area contributed by atoms with Gasteiger partial charge in [0.25, 0.3) is 5.91 Å². The maximum absolute atomic E-state index is 12.8. The average Bonchev–Trinajstić information content (AvgIpc) is 3.21. The smallest absolute Gasteiger partial charge is 0.253 e. The first-order valence-electron chi connectivity index (χ1n) is 9.76. The van der Waals surface area contributed by atoms with Crippen LogP contribution in [0.1, 0.15) is 23.0 Å². The summed E-state index contributed by atoms with van der Waals surface area (Å²) in [6.45, 7) is 7.22. The van der Waals surface area contributed by atoms with Gasteiger partial charge in [-0.25, -0.2) is 14.6 Å². The predicted octanol–water partition coefficient (Wildman–Crippen LogP) is 2.33. The summed E-state index contributed by atoms with van der Waals surface area (Å²) in [5.74, 6) is 2.40. The standard InChI is InChI=1S/C21H24N6O2/c1-3-29-18-6-4-17(5-7-18)21(28)26-12-10-25(11-13-26)19-14-20(23-15-22-19)27-9-8-16(2)24-27/h4-9,14-15H,3,10-13H2,1-2H3. The van der Waals surface area contributed by atoms with Crippen molar-refractivity contribution in [2.75, 3.05) is 37.7 Å². The highest BCUT2D eigenvalue weighted by molar-refractivity contribution is 5.94. The number of carbonyl (C=O) groups excluding carboxylic acids is 1. The Morgan fingerprint density at radius 1 is 1.03 bits per heavy atom. The summed E-state index contributed by atoms with van der Waals surface area (Å²) in [4.78, 5) is 25.5. The lowest BCUT2D eigenvalue weighted by atomic mass is 10.1. The summed E-state index contributed by atoms with van der Waals surface area (Å²) < 4.78 is 7.18. The molecule has 1 saturated heterocycles. The molecule has 0 atom stereocenters. The number of aromatic nitrogens is 4. The van der Waals surface area contributed by atoms with Crippen molar-refractivity contribution in [2.45, 2.75) is 13.8 Å². The van der Waals surface area contributed by atoms with E-state index >= 15 is 0 Å². The van der Waals surface area contributed by atoms with Crippen molar-refractivity contribution >= 4 is 11.7 Å². The van der Waals surface area contributed by atoms with Gasteiger partial charge in [0.05, 0.1) is 12.3 Å². The van der Waals surface area contributed by atoms with Crippen LogP contribution >= 0.6 is 0 Å². The molecule has 1 aromatic carbocycles. The number of hydrogen-bond donors (Lipinski definition) is 0. The van der Waals surface area contributed by atoms with E-state index in [9.17, 15) is 4.79 Å². The zero-order valence-corrected chi connectivity index (χ0v) is 16.7. The normalized spacial score (nSPS) is 14.1. The van der Waals surface area contributed by atoms with Crippen molar-refractivity contribution in [1.82, 2.24) is 24.6 Å². The number of ether oxygens (including phenoxy) is 1. The van der Waals surface area contributed by atoms with Gasteiger partial charge in [0.1, 0.15) is 17.9 Å². The molecule has 1 amide bonds. The number of amides is 1. The summed E-state index contributed by atoms with van der Waals surface area (Å²) in [7, 11) is 0. The molecule has 2 aromatic heterocycles.